The number of para-hydroxylation sites is 1. The molecule has 0 bridgehead atoms. The lowest BCUT2D eigenvalue weighted by atomic mass is 9.85. The van der Waals surface area contributed by atoms with E-state index in [4.69, 9.17) is 9.98 Å². The zero-order valence-electron chi connectivity index (χ0n) is 28.8. The Kier molecular flexibility index (Phi) is 9.89. The average Bonchev–Trinajstić information content (AvgIpc) is 3.16. The molecule has 3 aliphatic rings. The van der Waals surface area contributed by atoms with Crippen molar-refractivity contribution >= 4 is 28.9 Å². The van der Waals surface area contributed by atoms with Crippen LogP contribution in [0.1, 0.15) is 67.0 Å². The predicted molar refractivity (Wildman–Crippen MR) is 209 cm³/mol. The van der Waals surface area contributed by atoms with E-state index >= 15 is 0 Å². The van der Waals surface area contributed by atoms with Gasteiger partial charge in [0.05, 0.1) is 17.3 Å². The number of nitrogens with zero attached hydrogens (tertiary/aromatic N) is 3. The van der Waals surface area contributed by atoms with Crippen molar-refractivity contribution in [2.24, 2.45) is 15.9 Å². The molecule has 2 atom stereocenters. The molecule has 2 unspecified atom stereocenters. The van der Waals surface area contributed by atoms with Gasteiger partial charge in [0.2, 0.25) is 0 Å². The Morgan fingerprint density at radius 3 is 2.49 bits per heavy atom. The first-order valence-corrected chi connectivity index (χ1v) is 17.7. The summed E-state index contributed by atoms with van der Waals surface area (Å²) in [4.78, 5) is 15.0. The molecule has 0 radical (unpaired) electrons. The predicted octanol–water partition coefficient (Wildman–Crippen LogP) is 11.7. The minimum atomic E-state index is 0.00731. The van der Waals surface area contributed by atoms with E-state index in [2.05, 4.69) is 147 Å². The molecular formula is C46H45N3. The molecule has 1 aromatic heterocycles. The molecule has 244 valence electrons. The van der Waals surface area contributed by atoms with E-state index in [1.54, 1.807) is 0 Å². The van der Waals surface area contributed by atoms with Crippen LogP contribution in [0.4, 0.5) is 0 Å². The average molecular weight is 640 g/mol. The van der Waals surface area contributed by atoms with E-state index in [-0.39, 0.29) is 6.04 Å². The van der Waals surface area contributed by atoms with E-state index in [1.165, 1.54) is 61.2 Å². The van der Waals surface area contributed by atoms with Crippen molar-refractivity contribution in [2.75, 3.05) is 6.54 Å². The highest BCUT2D eigenvalue weighted by Gasteiger charge is 2.21. The Morgan fingerprint density at radius 1 is 0.898 bits per heavy atom. The van der Waals surface area contributed by atoms with Gasteiger partial charge in [-0.05, 0) is 115 Å². The number of hydrogen-bond acceptors (Lipinski definition) is 3. The van der Waals surface area contributed by atoms with Gasteiger partial charge in [-0.1, -0.05) is 115 Å². The molecular weight excluding hydrogens is 595 g/mol. The number of hydrogen-bond donors (Lipinski definition) is 0. The van der Waals surface area contributed by atoms with Gasteiger partial charge in [-0.25, -0.2) is 4.98 Å². The number of benzene rings is 3. The van der Waals surface area contributed by atoms with Gasteiger partial charge in [0.25, 0.3) is 0 Å². The Labute approximate surface area is 291 Å². The van der Waals surface area contributed by atoms with Crippen LogP contribution in [0.3, 0.4) is 0 Å². The number of rotatable bonds is 10. The van der Waals surface area contributed by atoms with Crippen molar-refractivity contribution < 1.29 is 0 Å². The van der Waals surface area contributed by atoms with Gasteiger partial charge >= 0.3 is 0 Å². The number of aryl methyl sites for hydroxylation is 1. The fourth-order valence-corrected chi connectivity index (χ4v) is 7.44. The molecule has 0 amide bonds. The maximum absolute atomic E-state index is 5.26. The third kappa shape index (κ3) is 7.17. The van der Waals surface area contributed by atoms with Gasteiger partial charge in [-0.15, -0.1) is 0 Å². The second kappa shape index (κ2) is 15.0. The summed E-state index contributed by atoms with van der Waals surface area (Å²) in [6.07, 6.45) is 24.4. The Balaban J connectivity index is 1.11. The molecule has 0 fully saturated rings. The van der Waals surface area contributed by atoms with Crippen molar-refractivity contribution in [3.63, 3.8) is 0 Å². The van der Waals surface area contributed by atoms with E-state index in [9.17, 15) is 0 Å². The lowest BCUT2D eigenvalue weighted by Crippen LogP contribution is -2.13. The molecule has 4 aromatic rings. The lowest BCUT2D eigenvalue weighted by molar-refractivity contribution is 0.662. The SMILES string of the molecule is C=NC(C/C(=N\CC1C=CC(C2=CCCC(c3nc4ccccc4c(-c4ccccc4C)c3C)=C2)=CC1)C1=CC=CCC1)c1ccccc1. The van der Waals surface area contributed by atoms with Crippen molar-refractivity contribution in [2.45, 2.75) is 58.4 Å². The van der Waals surface area contributed by atoms with Gasteiger partial charge in [0, 0.05) is 30.0 Å². The second-order valence-corrected chi connectivity index (χ2v) is 13.4. The molecule has 0 spiro atoms. The Bertz CT molecular complexity index is 2080. The van der Waals surface area contributed by atoms with Gasteiger partial charge in [0.15, 0.2) is 0 Å². The van der Waals surface area contributed by atoms with Crippen LogP contribution in [0, 0.1) is 19.8 Å². The van der Waals surface area contributed by atoms with Crippen LogP contribution in [0.15, 0.2) is 154 Å². The van der Waals surface area contributed by atoms with Crippen LogP contribution in [0.25, 0.3) is 27.6 Å². The minimum Gasteiger partial charge on any atom is -0.292 e. The quantitative estimate of drug-likeness (QED) is 0.159. The molecule has 1 heterocycles. The summed E-state index contributed by atoms with van der Waals surface area (Å²) >= 11 is 0. The van der Waals surface area contributed by atoms with Gasteiger partial charge in [-0.2, -0.15) is 0 Å². The second-order valence-electron chi connectivity index (χ2n) is 13.4. The summed E-state index contributed by atoms with van der Waals surface area (Å²) in [7, 11) is 0. The van der Waals surface area contributed by atoms with Crippen molar-refractivity contribution in [1.82, 2.24) is 4.98 Å². The fraction of sp³-hybridized carbons (Fsp3) is 0.239. The first-order chi connectivity index (χ1) is 24.1. The minimum absolute atomic E-state index is 0.00731. The number of pyridine rings is 1. The summed E-state index contributed by atoms with van der Waals surface area (Å²) in [5, 5.41) is 1.22. The van der Waals surface area contributed by atoms with Crippen LogP contribution < -0.4 is 0 Å². The highest BCUT2D eigenvalue weighted by Crippen LogP contribution is 2.39. The van der Waals surface area contributed by atoms with Gasteiger partial charge < -0.3 is 0 Å². The molecule has 3 aliphatic carbocycles. The highest BCUT2D eigenvalue weighted by atomic mass is 14.8. The van der Waals surface area contributed by atoms with E-state index in [0.29, 0.717) is 5.92 Å². The maximum Gasteiger partial charge on any atom is 0.0797 e. The van der Waals surface area contributed by atoms with Crippen molar-refractivity contribution in [3.05, 3.63) is 167 Å². The molecule has 0 saturated carbocycles. The smallest absolute Gasteiger partial charge is 0.0797 e. The van der Waals surface area contributed by atoms with Crippen LogP contribution in [-0.2, 0) is 0 Å². The first-order valence-electron chi connectivity index (χ1n) is 17.7. The molecule has 3 aromatic carbocycles. The molecule has 7 rings (SSSR count). The summed E-state index contributed by atoms with van der Waals surface area (Å²) in [5.74, 6) is 0.374. The molecule has 3 heteroatoms. The zero-order valence-corrected chi connectivity index (χ0v) is 28.8. The Hall–Kier alpha value is -5.15. The number of fused-ring (bicyclic) bond motifs is 1. The fourth-order valence-electron chi connectivity index (χ4n) is 7.44. The van der Waals surface area contributed by atoms with Crippen LogP contribution >= 0.6 is 0 Å². The number of allylic oxidation sites excluding steroid dienone is 11. The normalized spacial score (nSPS) is 18.4. The molecule has 49 heavy (non-hydrogen) atoms. The summed E-state index contributed by atoms with van der Waals surface area (Å²) in [5.41, 5.74) is 14.9. The van der Waals surface area contributed by atoms with E-state index < -0.39 is 0 Å². The van der Waals surface area contributed by atoms with E-state index in [1.807, 2.05) is 6.07 Å². The Morgan fingerprint density at radius 2 is 1.71 bits per heavy atom. The third-order valence-corrected chi connectivity index (χ3v) is 10.2. The topological polar surface area (TPSA) is 37.6 Å². The summed E-state index contributed by atoms with van der Waals surface area (Å²) in [6, 6.07) is 27.8. The maximum atomic E-state index is 5.26. The standard InChI is InChI=1S/C46H45N3/c1-32-15-10-11-22-40(32)45-33(2)46(49-42-24-13-12-23-41(42)45)39-21-14-20-38(29-39)35-27-25-34(26-28-35)31-48-44(37-18-8-5-9-19-37)30-43(47-3)36-16-6-4-7-17-36/h4-8,10-13,15-18,20,22-25,27-29,34,43H,3,9,14,19,21,26,30-31H2,1-2H3/b48-44+. The summed E-state index contributed by atoms with van der Waals surface area (Å²) < 4.78 is 0. The largest absolute Gasteiger partial charge is 0.292 e. The number of aliphatic imine (C=N–C) groups is 2. The van der Waals surface area contributed by atoms with E-state index in [0.717, 1.165) is 56.3 Å². The van der Waals surface area contributed by atoms with Gasteiger partial charge in [0.1, 0.15) is 0 Å². The molecule has 0 aliphatic heterocycles. The lowest BCUT2D eigenvalue weighted by Gasteiger charge is -2.22. The van der Waals surface area contributed by atoms with Gasteiger partial charge in [-0.3, -0.25) is 9.98 Å². The molecule has 0 N–H and O–H groups in total. The first kappa shape index (κ1) is 32.4. The van der Waals surface area contributed by atoms with Crippen LogP contribution in [0.2, 0.25) is 0 Å². The van der Waals surface area contributed by atoms with Crippen molar-refractivity contribution in [3.8, 4) is 11.1 Å². The molecule has 3 nitrogen and oxygen atoms in total. The third-order valence-electron chi connectivity index (χ3n) is 10.2. The highest BCUT2D eigenvalue weighted by molar-refractivity contribution is 6.01. The number of aromatic nitrogens is 1. The molecule has 0 saturated heterocycles. The monoisotopic (exact) mass is 639 g/mol. The van der Waals surface area contributed by atoms with Crippen molar-refractivity contribution in [1.29, 1.82) is 0 Å². The summed E-state index contributed by atoms with van der Waals surface area (Å²) in [6.45, 7) is 9.16. The van der Waals surface area contributed by atoms with Crippen LogP contribution in [-0.4, -0.2) is 24.0 Å². The van der Waals surface area contributed by atoms with Crippen LogP contribution in [0.5, 0.6) is 0 Å². The zero-order chi connectivity index (χ0) is 33.6.